The molecule has 0 atom stereocenters. The molecular weight excluding hydrogens is 289 g/mol. The van der Waals surface area contributed by atoms with E-state index < -0.39 is 29.2 Å². The van der Waals surface area contributed by atoms with Gasteiger partial charge >= 0.3 is 12.1 Å². The van der Waals surface area contributed by atoms with Gasteiger partial charge < -0.3 is 10.1 Å². The van der Waals surface area contributed by atoms with Gasteiger partial charge in [-0.25, -0.2) is 4.79 Å². The normalized spacial score (nSPS) is 13.1. The monoisotopic (exact) mass is 300 g/mol. The molecule has 112 valence electrons. The van der Waals surface area contributed by atoms with Crippen molar-refractivity contribution in [2.75, 3.05) is 0 Å². The minimum absolute atomic E-state index is 0.227. The Morgan fingerprint density at radius 2 is 2.05 bits per heavy atom. The number of aromatic amines is 1. The number of aromatic carboxylic acids is 1. The molecule has 21 heavy (non-hydrogen) atoms. The van der Waals surface area contributed by atoms with Crippen molar-refractivity contribution >= 4 is 18.0 Å². The van der Waals surface area contributed by atoms with Crippen molar-refractivity contribution in [2.45, 2.75) is 13.1 Å². The van der Waals surface area contributed by atoms with E-state index in [0.717, 1.165) is 24.6 Å². The fourth-order valence-electron chi connectivity index (χ4n) is 1.53. The first-order chi connectivity index (χ1) is 9.72. The lowest BCUT2D eigenvalue weighted by atomic mass is 10.0. The van der Waals surface area contributed by atoms with E-state index in [1.165, 1.54) is 6.92 Å². The van der Waals surface area contributed by atoms with Crippen LogP contribution in [0.2, 0.25) is 0 Å². The van der Waals surface area contributed by atoms with Gasteiger partial charge in [0, 0.05) is 18.0 Å². The summed E-state index contributed by atoms with van der Waals surface area (Å²) in [6, 6.07) is 0.942. The maximum absolute atomic E-state index is 12.9. The molecule has 0 aliphatic carbocycles. The van der Waals surface area contributed by atoms with E-state index in [4.69, 9.17) is 5.11 Å². The van der Waals surface area contributed by atoms with Crippen LogP contribution >= 0.6 is 0 Å². The quantitative estimate of drug-likeness (QED) is 0.379. The van der Waals surface area contributed by atoms with E-state index >= 15 is 0 Å². The van der Waals surface area contributed by atoms with Crippen molar-refractivity contribution in [1.82, 2.24) is 4.98 Å². The number of rotatable bonds is 5. The molecule has 0 saturated carbocycles. The molecular formula is C13H11F3N2O3. The lowest BCUT2D eigenvalue weighted by molar-refractivity contribution is -0.0928. The third kappa shape index (κ3) is 3.68. The Morgan fingerprint density at radius 1 is 1.43 bits per heavy atom. The largest absolute Gasteiger partial charge is 0.477 e. The Kier molecular flexibility index (Phi) is 4.85. The molecule has 1 heterocycles. The minimum Gasteiger partial charge on any atom is -0.477 e. The highest BCUT2D eigenvalue weighted by Gasteiger charge is 2.37. The first kappa shape index (κ1) is 16.4. The van der Waals surface area contributed by atoms with Crippen molar-refractivity contribution in [3.63, 3.8) is 0 Å². The number of halogens is 3. The number of carboxylic acid groups (broad SMARTS) is 1. The molecule has 5 nitrogen and oxygen atoms in total. The van der Waals surface area contributed by atoms with E-state index in [-0.39, 0.29) is 11.3 Å². The highest BCUT2D eigenvalue weighted by molar-refractivity contribution is 6.11. The SMILES string of the molecule is C=C/C(C(=O)c1c[nH]c(C(=O)O)c1)=C(\N=CC)C(F)(F)F. The second-order valence-electron chi connectivity index (χ2n) is 3.79. The minimum atomic E-state index is -4.84. The number of allylic oxidation sites excluding steroid dienone is 3. The lowest BCUT2D eigenvalue weighted by Gasteiger charge is -2.10. The van der Waals surface area contributed by atoms with E-state index in [0.29, 0.717) is 0 Å². The van der Waals surface area contributed by atoms with Crippen molar-refractivity contribution in [3.8, 4) is 0 Å². The fraction of sp³-hybridized carbons (Fsp3) is 0.154. The third-order valence-corrected chi connectivity index (χ3v) is 2.41. The van der Waals surface area contributed by atoms with E-state index in [1.54, 1.807) is 0 Å². The zero-order valence-corrected chi connectivity index (χ0v) is 10.9. The number of H-pyrrole nitrogens is 1. The second kappa shape index (κ2) is 6.21. The van der Waals surface area contributed by atoms with Crippen LogP contribution < -0.4 is 0 Å². The maximum atomic E-state index is 12.9. The summed E-state index contributed by atoms with van der Waals surface area (Å²) in [4.78, 5) is 28.2. The molecule has 0 aliphatic rings. The number of Topliss-reactive ketones (excluding diaryl/α,β-unsaturated/α-hetero) is 1. The molecule has 2 N–H and O–H groups in total. The Balaban J connectivity index is 3.38. The Labute approximate surface area is 117 Å². The van der Waals surface area contributed by atoms with Gasteiger partial charge in [0.15, 0.2) is 11.5 Å². The van der Waals surface area contributed by atoms with E-state index in [1.807, 2.05) is 0 Å². The number of nitrogens with zero attached hydrogens (tertiary/aromatic N) is 1. The lowest BCUT2D eigenvalue weighted by Crippen LogP contribution is -2.16. The molecule has 0 unspecified atom stereocenters. The molecule has 0 amide bonds. The summed E-state index contributed by atoms with van der Waals surface area (Å²) in [6.07, 6.45) is -2.18. The summed E-state index contributed by atoms with van der Waals surface area (Å²) < 4.78 is 38.6. The van der Waals surface area contributed by atoms with E-state index in [9.17, 15) is 22.8 Å². The molecule has 0 radical (unpaired) electrons. The van der Waals surface area contributed by atoms with Gasteiger partial charge in [-0.1, -0.05) is 12.7 Å². The Hall–Kier alpha value is -2.64. The van der Waals surface area contributed by atoms with Gasteiger partial charge in [0.2, 0.25) is 0 Å². The molecule has 0 fully saturated rings. The number of nitrogens with one attached hydrogen (secondary N) is 1. The van der Waals surface area contributed by atoms with Crippen molar-refractivity contribution in [3.05, 3.63) is 47.4 Å². The van der Waals surface area contributed by atoms with Crippen molar-refractivity contribution in [2.24, 2.45) is 4.99 Å². The van der Waals surface area contributed by atoms with Crippen molar-refractivity contribution < 1.29 is 27.9 Å². The molecule has 1 aromatic heterocycles. The average molecular weight is 300 g/mol. The number of carbonyl (C=O) groups is 2. The van der Waals surface area contributed by atoms with Gasteiger partial charge in [0.25, 0.3) is 0 Å². The predicted octanol–water partition coefficient (Wildman–Crippen LogP) is 2.99. The number of ketones is 1. The molecule has 0 spiro atoms. The first-order valence-corrected chi connectivity index (χ1v) is 5.61. The highest BCUT2D eigenvalue weighted by atomic mass is 19.4. The van der Waals surface area contributed by atoms with Gasteiger partial charge in [-0.05, 0) is 13.0 Å². The maximum Gasteiger partial charge on any atom is 0.434 e. The van der Waals surface area contributed by atoms with Gasteiger partial charge in [0.05, 0.1) is 5.57 Å². The molecule has 0 bridgehead atoms. The van der Waals surface area contributed by atoms with Gasteiger partial charge in [-0.15, -0.1) is 0 Å². The Morgan fingerprint density at radius 3 is 2.43 bits per heavy atom. The zero-order valence-electron chi connectivity index (χ0n) is 10.9. The van der Waals surface area contributed by atoms with E-state index in [2.05, 4.69) is 16.6 Å². The van der Waals surface area contributed by atoms with Crippen LogP contribution in [0.1, 0.15) is 27.8 Å². The molecule has 8 heteroatoms. The van der Waals surface area contributed by atoms with Crippen LogP contribution in [-0.2, 0) is 0 Å². The molecule has 0 aliphatic heterocycles. The van der Waals surface area contributed by atoms with Crippen LogP contribution in [0.5, 0.6) is 0 Å². The Bertz CT molecular complexity index is 639. The van der Waals surface area contributed by atoms with Crippen LogP contribution in [0, 0.1) is 0 Å². The standard InChI is InChI=1S/C13H11F3N2O3/c1-3-8(11(17-4-2)13(14,15)16)10(19)7-5-9(12(20)21)18-6-7/h3-6,18H,1H2,2H3,(H,20,21)/b11-8+,17-4?. The van der Waals surface area contributed by atoms with Crippen LogP contribution in [0.4, 0.5) is 13.2 Å². The summed E-state index contributed by atoms with van der Waals surface area (Å²) in [7, 11) is 0. The number of hydrogen-bond acceptors (Lipinski definition) is 3. The van der Waals surface area contributed by atoms with Crippen LogP contribution in [-0.4, -0.2) is 34.2 Å². The molecule has 1 rings (SSSR count). The number of carbonyl (C=O) groups excluding carboxylic acids is 1. The fourth-order valence-corrected chi connectivity index (χ4v) is 1.53. The van der Waals surface area contributed by atoms with Crippen LogP contribution in [0.3, 0.4) is 0 Å². The summed E-state index contributed by atoms with van der Waals surface area (Å²) in [5.74, 6) is -2.35. The smallest absolute Gasteiger partial charge is 0.434 e. The summed E-state index contributed by atoms with van der Waals surface area (Å²) >= 11 is 0. The van der Waals surface area contributed by atoms with Gasteiger partial charge in [-0.2, -0.15) is 13.2 Å². The van der Waals surface area contributed by atoms with Gasteiger partial charge in [0.1, 0.15) is 5.69 Å². The van der Waals surface area contributed by atoms with Crippen LogP contribution in [0.15, 0.2) is 41.2 Å². The summed E-state index contributed by atoms with van der Waals surface area (Å²) in [6.45, 7) is 4.46. The first-order valence-electron chi connectivity index (χ1n) is 5.61. The molecule has 0 saturated heterocycles. The summed E-state index contributed by atoms with van der Waals surface area (Å²) in [5.41, 5.74) is -2.68. The zero-order chi connectivity index (χ0) is 16.2. The highest BCUT2D eigenvalue weighted by Crippen LogP contribution is 2.31. The predicted molar refractivity (Wildman–Crippen MR) is 69.5 cm³/mol. The molecule has 1 aromatic rings. The van der Waals surface area contributed by atoms with Gasteiger partial charge in [-0.3, -0.25) is 9.79 Å². The number of alkyl halides is 3. The van der Waals surface area contributed by atoms with Crippen LogP contribution in [0.25, 0.3) is 0 Å². The third-order valence-electron chi connectivity index (χ3n) is 2.41. The molecule has 0 aromatic carbocycles. The topological polar surface area (TPSA) is 82.5 Å². The summed E-state index contributed by atoms with van der Waals surface area (Å²) in [5, 5.41) is 8.72. The number of hydrogen-bond donors (Lipinski definition) is 2. The number of carboxylic acids is 1. The van der Waals surface area contributed by atoms with Crippen molar-refractivity contribution in [1.29, 1.82) is 0 Å². The number of aliphatic imine (C=N–C) groups is 1. The average Bonchev–Trinajstić information content (AvgIpc) is 2.87. The second-order valence-corrected chi connectivity index (χ2v) is 3.79. The number of aromatic nitrogens is 1.